The van der Waals surface area contributed by atoms with Gasteiger partial charge in [-0.2, -0.15) is 0 Å². The summed E-state index contributed by atoms with van der Waals surface area (Å²) in [5.41, 5.74) is 1.12. The lowest BCUT2D eigenvalue weighted by Crippen LogP contribution is -2.59. The highest BCUT2D eigenvalue weighted by Crippen LogP contribution is 2.65. The molecule has 0 bridgehead atoms. The van der Waals surface area contributed by atoms with Crippen molar-refractivity contribution in [2.45, 2.75) is 71.4 Å². The number of benzene rings is 1. The lowest BCUT2D eigenvalue weighted by Gasteiger charge is -2.60. The molecule has 1 heterocycles. The molecule has 1 N–H and O–H groups in total. The predicted molar refractivity (Wildman–Crippen MR) is 133 cm³/mol. The first-order valence-corrected chi connectivity index (χ1v) is 13.1. The normalized spacial score (nSPS) is 39.6. The first-order valence-electron chi connectivity index (χ1n) is 13.1. The quantitative estimate of drug-likeness (QED) is 0.672. The van der Waals surface area contributed by atoms with Crippen LogP contribution in [0.4, 0.5) is 0 Å². The Kier molecular flexibility index (Phi) is 5.81. The lowest BCUT2D eigenvalue weighted by atomic mass is 9.47. The van der Waals surface area contributed by atoms with Crippen molar-refractivity contribution in [3.8, 4) is 5.75 Å². The Bertz CT molecular complexity index is 1000. The van der Waals surface area contributed by atoms with Gasteiger partial charge >= 0.3 is 0 Å². The Morgan fingerprint density at radius 2 is 1.88 bits per heavy atom. The summed E-state index contributed by atoms with van der Waals surface area (Å²) in [5.74, 6) is 3.03. The number of nitrogens with zero attached hydrogens (tertiary/aromatic N) is 1. The van der Waals surface area contributed by atoms with Crippen LogP contribution in [0.25, 0.3) is 0 Å². The van der Waals surface area contributed by atoms with Gasteiger partial charge in [0, 0.05) is 30.0 Å². The molecule has 0 saturated heterocycles. The van der Waals surface area contributed by atoms with E-state index in [2.05, 4.69) is 32.2 Å². The highest BCUT2D eigenvalue weighted by molar-refractivity contribution is 5.89. The second-order valence-corrected chi connectivity index (χ2v) is 11.8. The summed E-state index contributed by atoms with van der Waals surface area (Å²) in [6, 6.07) is 8.16. The molecule has 5 heteroatoms. The van der Waals surface area contributed by atoms with Crippen molar-refractivity contribution in [2.24, 2.45) is 34.5 Å². The number of nitrogens with one attached hydrogen (secondary N) is 1. The minimum atomic E-state index is -0.0857. The van der Waals surface area contributed by atoms with Gasteiger partial charge in [0.25, 0.3) is 0 Å². The summed E-state index contributed by atoms with van der Waals surface area (Å²) in [5, 5.41) is 3.33. The summed E-state index contributed by atoms with van der Waals surface area (Å²) in [6.45, 7) is 6.82. The van der Waals surface area contributed by atoms with Crippen LogP contribution in [0.1, 0.15) is 70.9 Å². The number of fused-ring (bicyclic) bond motifs is 5. The Morgan fingerprint density at radius 3 is 2.65 bits per heavy atom. The van der Waals surface area contributed by atoms with Crippen LogP contribution < -0.4 is 10.1 Å². The molecule has 1 aromatic rings. The van der Waals surface area contributed by atoms with E-state index in [9.17, 15) is 9.59 Å². The van der Waals surface area contributed by atoms with Crippen molar-refractivity contribution in [1.82, 2.24) is 10.2 Å². The van der Waals surface area contributed by atoms with Gasteiger partial charge in [-0.1, -0.05) is 38.1 Å². The molecular weight excluding hydrogens is 424 g/mol. The number of carbonyl (C=O) groups excluding carboxylic acids is 2. The minimum absolute atomic E-state index is 0.0473. The highest BCUT2D eigenvalue weighted by atomic mass is 16.5. The molecule has 34 heavy (non-hydrogen) atoms. The molecule has 4 aliphatic rings. The third-order valence-electron chi connectivity index (χ3n) is 10.4. The second-order valence-electron chi connectivity index (χ2n) is 11.8. The van der Waals surface area contributed by atoms with E-state index in [1.165, 1.54) is 6.42 Å². The molecule has 0 radical (unpaired) electrons. The van der Waals surface area contributed by atoms with Crippen molar-refractivity contribution >= 4 is 11.8 Å². The average molecular weight is 465 g/mol. The molecule has 0 spiro atoms. The smallest absolute Gasteiger partial charge is 0.246 e. The summed E-state index contributed by atoms with van der Waals surface area (Å²) >= 11 is 0. The largest absolute Gasteiger partial charge is 0.496 e. The zero-order chi connectivity index (χ0) is 24.3. The Labute approximate surface area is 204 Å². The fourth-order valence-corrected chi connectivity index (χ4v) is 8.58. The molecule has 8 atom stereocenters. The van der Waals surface area contributed by atoms with Gasteiger partial charge < -0.3 is 15.0 Å². The lowest BCUT2D eigenvalue weighted by molar-refractivity contribution is -0.142. The molecule has 1 aliphatic heterocycles. The van der Waals surface area contributed by atoms with Gasteiger partial charge in [-0.15, -0.1) is 0 Å². The predicted octanol–water partition coefficient (Wildman–Crippen LogP) is 5.13. The van der Waals surface area contributed by atoms with Gasteiger partial charge in [0.05, 0.1) is 13.2 Å². The highest BCUT2D eigenvalue weighted by Gasteiger charge is 2.61. The molecule has 1 aromatic carbocycles. The van der Waals surface area contributed by atoms with Crippen molar-refractivity contribution in [2.75, 3.05) is 14.2 Å². The molecular formula is C29H40N2O3. The number of rotatable bonds is 4. The number of amides is 2. The van der Waals surface area contributed by atoms with Gasteiger partial charge in [-0.25, -0.2) is 0 Å². The van der Waals surface area contributed by atoms with Crippen LogP contribution >= 0.6 is 0 Å². The fourth-order valence-electron chi connectivity index (χ4n) is 8.58. The first-order chi connectivity index (χ1) is 16.2. The minimum Gasteiger partial charge on any atom is -0.496 e. The van der Waals surface area contributed by atoms with E-state index >= 15 is 0 Å². The van der Waals surface area contributed by atoms with Crippen LogP contribution in [0.2, 0.25) is 0 Å². The van der Waals surface area contributed by atoms with Gasteiger partial charge in [0.1, 0.15) is 5.75 Å². The van der Waals surface area contributed by atoms with Gasteiger partial charge in [-0.3, -0.25) is 9.59 Å². The van der Waals surface area contributed by atoms with E-state index in [1.54, 1.807) is 13.2 Å². The number of hydrogen-bond acceptors (Lipinski definition) is 3. The molecule has 3 unspecified atom stereocenters. The van der Waals surface area contributed by atoms with Gasteiger partial charge in [0.2, 0.25) is 11.8 Å². The monoisotopic (exact) mass is 464 g/mol. The van der Waals surface area contributed by atoms with Crippen LogP contribution in [0, 0.1) is 34.5 Å². The third kappa shape index (κ3) is 3.41. The molecule has 184 valence electrons. The van der Waals surface area contributed by atoms with E-state index < -0.39 is 0 Å². The molecule has 3 fully saturated rings. The Balaban J connectivity index is 1.34. The zero-order valence-electron chi connectivity index (χ0n) is 21.3. The van der Waals surface area contributed by atoms with Crippen LogP contribution in [0.5, 0.6) is 5.75 Å². The number of ether oxygens (including phenoxy) is 1. The number of para-hydroxylation sites is 1. The van der Waals surface area contributed by atoms with Gasteiger partial charge in [0.15, 0.2) is 0 Å². The SMILES string of the molecule is COc1ccccc1C(C)NC(=O)C1CC[C@H]2[C@@H]3CCC4N(C)C(=O)C=C[C@]4(C)[C@@H]3CC[C@]12C. The molecule has 3 saturated carbocycles. The summed E-state index contributed by atoms with van der Waals surface area (Å²) in [4.78, 5) is 27.9. The van der Waals surface area contributed by atoms with Crippen LogP contribution in [-0.4, -0.2) is 36.9 Å². The van der Waals surface area contributed by atoms with Crippen LogP contribution in [-0.2, 0) is 9.59 Å². The maximum atomic E-state index is 13.6. The molecule has 5 rings (SSSR count). The topological polar surface area (TPSA) is 58.6 Å². The van der Waals surface area contributed by atoms with E-state index in [0.717, 1.165) is 43.4 Å². The molecule has 3 aliphatic carbocycles. The third-order valence-corrected chi connectivity index (χ3v) is 10.4. The maximum absolute atomic E-state index is 13.6. The number of likely N-dealkylation sites (N-methyl/N-ethyl adjacent to an activating group) is 1. The van der Waals surface area contributed by atoms with E-state index in [4.69, 9.17) is 4.74 Å². The second kappa shape index (κ2) is 8.42. The molecule has 5 nitrogen and oxygen atoms in total. The van der Waals surface area contributed by atoms with Crippen molar-refractivity contribution in [3.63, 3.8) is 0 Å². The fraction of sp³-hybridized carbons (Fsp3) is 0.655. The number of carbonyl (C=O) groups is 2. The molecule has 2 amide bonds. The van der Waals surface area contributed by atoms with E-state index in [1.807, 2.05) is 36.2 Å². The number of methoxy groups -OCH3 is 1. The van der Waals surface area contributed by atoms with Crippen LogP contribution in [0.3, 0.4) is 0 Å². The Hall–Kier alpha value is -2.30. The average Bonchev–Trinajstić information content (AvgIpc) is 3.19. The van der Waals surface area contributed by atoms with Crippen molar-refractivity contribution in [1.29, 1.82) is 0 Å². The maximum Gasteiger partial charge on any atom is 0.246 e. The number of hydrogen-bond donors (Lipinski definition) is 1. The van der Waals surface area contributed by atoms with Crippen molar-refractivity contribution < 1.29 is 14.3 Å². The van der Waals surface area contributed by atoms with Crippen molar-refractivity contribution in [3.05, 3.63) is 42.0 Å². The Morgan fingerprint density at radius 1 is 1.12 bits per heavy atom. The van der Waals surface area contributed by atoms with Gasteiger partial charge in [-0.05, 0) is 80.8 Å². The summed E-state index contributed by atoms with van der Waals surface area (Å²) in [6.07, 6.45) is 10.6. The summed E-state index contributed by atoms with van der Waals surface area (Å²) in [7, 11) is 3.65. The summed E-state index contributed by atoms with van der Waals surface area (Å²) < 4.78 is 5.52. The van der Waals surface area contributed by atoms with E-state index in [-0.39, 0.29) is 34.6 Å². The zero-order valence-corrected chi connectivity index (χ0v) is 21.3. The first kappa shape index (κ1) is 23.4. The standard InChI is InChI=1S/C29H40N2O3/c1-18(19-8-6-7-9-24(19)34-5)30-27(33)23-12-11-21-20-10-13-25-29(3,17-15-26(32)31(25)4)22(20)14-16-28(21,23)2/h6-9,15,17-18,20-23,25H,10-14,16H2,1-5H3,(H,30,33)/t18?,20-,21-,22+,23?,25?,28-,29+/m0/s1. The molecule has 0 aromatic heterocycles. The van der Waals surface area contributed by atoms with Crippen LogP contribution in [0.15, 0.2) is 36.4 Å². The van der Waals surface area contributed by atoms with E-state index in [0.29, 0.717) is 23.8 Å².